The first kappa shape index (κ1) is 12.4. The summed E-state index contributed by atoms with van der Waals surface area (Å²) in [6.07, 6.45) is 7.42. The van der Waals surface area contributed by atoms with Crippen molar-refractivity contribution >= 4 is 5.91 Å². The molecule has 2 fully saturated rings. The molecule has 3 heteroatoms. The lowest BCUT2D eigenvalue weighted by Crippen LogP contribution is -2.60. The van der Waals surface area contributed by atoms with E-state index in [4.69, 9.17) is 0 Å². The van der Waals surface area contributed by atoms with Crippen molar-refractivity contribution in [3.63, 3.8) is 0 Å². The molecule has 0 aromatic heterocycles. The maximum atomic E-state index is 11.6. The highest BCUT2D eigenvalue weighted by molar-refractivity contribution is 5.94. The first-order valence-electron chi connectivity index (χ1n) is 6.71. The SMILES string of the molecule is CC#CC(=O)NC1(CN2CCCCC2)CCC1. The van der Waals surface area contributed by atoms with Crippen LogP contribution in [0.25, 0.3) is 0 Å². The van der Waals surface area contributed by atoms with Gasteiger partial charge in [0, 0.05) is 6.54 Å². The Labute approximate surface area is 104 Å². The minimum Gasteiger partial charge on any atom is -0.339 e. The predicted molar refractivity (Wildman–Crippen MR) is 68.5 cm³/mol. The summed E-state index contributed by atoms with van der Waals surface area (Å²) in [5.41, 5.74) is 0.0261. The zero-order valence-corrected chi connectivity index (χ0v) is 10.7. The predicted octanol–water partition coefficient (Wildman–Crippen LogP) is 1.53. The lowest BCUT2D eigenvalue weighted by Gasteiger charge is -2.46. The Hall–Kier alpha value is -1.01. The second-order valence-electron chi connectivity index (χ2n) is 5.30. The van der Waals surface area contributed by atoms with Gasteiger partial charge >= 0.3 is 0 Å². The molecule has 1 N–H and O–H groups in total. The fourth-order valence-electron chi connectivity index (χ4n) is 2.86. The number of carbonyl (C=O) groups excluding carboxylic acids is 1. The molecule has 2 rings (SSSR count). The third-order valence-electron chi connectivity index (χ3n) is 3.90. The fourth-order valence-corrected chi connectivity index (χ4v) is 2.86. The molecule has 1 aliphatic heterocycles. The van der Waals surface area contributed by atoms with Crippen LogP contribution in [0.2, 0.25) is 0 Å². The van der Waals surface area contributed by atoms with Gasteiger partial charge in [0.05, 0.1) is 5.54 Å². The van der Waals surface area contributed by atoms with Crippen LogP contribution in [0.1, 0.15) is 45.4 Å². The number of likely N-dealkylation sites (tertiary alicyclic amines) is 1. The van der Waals surface area contributed by atoms with Gasteiger partial charge in [-0.3, -0.25) is 4.79 Å². The first-order chi connectivity index (χ1) is 8.24. The van der Waals surface area contributed by atoms with Crippen LogP contribution in [0.15, 0.2) is 0 Å². The summed E-state index contributed by atoms with van der Waals surface area (Å²) < 4.78 is 0. The average molecular weight is 234 g/mol. The normalized spacial score (nSPS) is 23.1. The van der Waals surface area contributed by atoms with Crippen LogP contribution < -0.4 is 5.32 Å². The van der Waals surface area contributed by atoms with E-state index in [9.17, 15) is 4.79 Å². The Morgan fingerprint density at radius 2 is 1.94 bits per heavy atom. The lowest BCUT2D eigenvalue weighted by molar-refractivity contribution is -0.119. The van der Waals surface area contributed by atoms with Crippen LogP contribution in [-0.2, 0) is 4.79 Å². The van der Waals surface area contributed by atoms with Gasteiger partial charge in [0.2, 0.25) is 0 Å². The van der Waals surface area contributed by atoms with Crippen LogP contribution in [0.5, 0.6) is 0 Å². The van der Waals surface area contributed by atoms with E-state index in [-0.39, 0.29) is 11.4 Å². The molecule has 2 aliphatic rings. The van der Waals surface area contributed by atoms with E-state index < -0.39 is 0 Å². The van der Waals surface area contributed by atoms with Gasteiger partial charge in [-0.25, -0.2) is 0 Å². The molecule has 94 valence electrons. The number of nitrogens with one attached hydrogen (secondary N) is 1. The molecule has 1 amide bonds. The summed E-state index contributed by atoms with van der Waals surface area (Å²) in [6.45, 7) is 5.11. The molecule has 17 heavy (non-hydrogen) atoms. The first-order valence-corrected chi connectivity index (χ1v) is 6.71. The number of rotatable bonds is 3. The third kappa shape index (κ3) is 3.23. The van der Waals surface area contributed by atoms with Gasteiger partial charge in [0.25, 0.3) is 5.91 Å². The average Bonchev–Trinajstić information content (AvgIpc) is 2.28. The second-order valence-corrected chi connectivity index (χ2v) is 5.30. The zero-order chi connectivity index (χ0) is 12.1. The van der Waals surface area contributed by atoms with E-state index in [1.54, 1.807) is 6.92 Å². The molecule has 0 spiro atoms. The molecular formula is C14H22N2O. The number of hydrogen-bond acceptors (Lipinski definition) is 2. The van der Waals surface area contributed by atoms with Gasteiger partial charge in [-0.05, 0) is 58.0 Å². The highest BCUT2D eigenvalue weighted by atomic mass is 16.1. The Kier molecular flexibility index (Phi) is 4.06. The van der Waals surface area contributed by atoms with Gasteiger partial charge in [-0.1, -0.05) is 12.3 Å². The van der Waals surface area contributed by atoms with Crippen LogP contribution in [-0.4, -0.2) is 36.0 Å². The summed E-state index contributed by atoms with van der Waals surface area (Å²) in [5, 5.41) is 3.12. The quantitative estimate of drug-likeness (QED) is 0.751. The summed E-state index contributed by atoms with van der Waals surface area (Å²) in [4.78, 5) is 14.1. The van der Waals surface area contributed by atoms with Gasteiger partial charge in [0.15, 0.2) is 0 Å². The number of hydrogen-bond donors (Lipinski definition) is 1. The van der Waals surface area contributed by atoms with Crippen molar-refractivity contribution in [3.8, 4) is 11.8 Å². The molecule has 1 aliphatic carbocycles. The zero-order valence-electron chi connectivity index (χ0n) is 10.7. The molecule has 0 atom stereocenters. The highest BCUT2D eigenvalue weighted by Gasteiger charge is 2.39. The van der Waals surface area contributed by atoms with Crippen molar-refractivity contribution in [1.29, 1.82) is 0 Å². The van der Waals surface area contributed by atoms with Crippen LogP contribution >= 0.6 is 0 Å². The number of amides is 1. The van der Waals surface area contributed by atoms with Crippen molar-refractivity contribution in [2.24, 2.45) is 0 Å². The van der Waals surface area contributed by atoms with E-state index in [2.05, 4.69) is 22.1 Å². The number of carbonyl (C=O) groups is 1. The maximum absolute atomic E-state index is 11.6. The van der Waals surface area contributed by atoms with E-state index in [1.165, 1.54) is 38.8 Å². The highest BCUT2D eigenvalue weighted by Crippen LogP contribution is 2.33. The maximum Gasteiger partial charge on any atom is 0.296 e. The molecule has 0 radical (unpaired) electrons. The van der Waals surface area contributed by atoms with Crippen molar-refractivity contribution in [2.45, 2.75) is 51.0 Å². The second kappa shape index (κ2) is 5.55. The lowest BCUT2D eigenvalue weighted by atomic mass is 9.76. The smallest absolute Gasteiger partial charge is 0.296 e. The molecule has 1 heterocycles. The van der Waals surface area contributed by atoms with E-state index in [0.29, 0.717) is 0 Å². The standard InChI is InChI=1S/C14H22N2O/c1-2-7-13(17)15-14(8-6-9-14)12-16-10-4-3-5-11-16/h3-6,8-12H2,1H3,(H,15,17). The largest absolute Gasteiger partial charge is 0.339 e. The number of piperidine rings is 1. The van der Waals surface area contributed by atoms with Crippen molar-refractivity contribution in [3.05, 3.63) is 0 Å². The molecule has 1 saturated heterocycles. The van der Waals surface area contributed by atoms with Crippen molar-refractivity contribution in [2.75, 3.05) is 19.6 Å². The Balaban J connectivity index is 1.89. The van der Waals surface area contributed by atoms with Crippen LogP contribution in [0.3, 0.4) is 0 Å². The summed E-state index contributed by atoms with van der Waals surface area (Å²) in [5.74, 6) is 5.15. The fraction of sp³-hybridized carbons (Fsp3) is 0.786. The molecule has 0 bridgehead atoms. The van der Waals surface area contributed by atoms with E-state index in [1.807, 2.05) is 0 Å². The summed E-state index contributed by atoms with van der Waals surface area (Å²) >= 11 is 0. The summed E-state index contributed by atoms with van der Waals surface area (Å²) in [6, 6.07) is 0. The molecule has 0 unspecified atom stereocenters. The monoisotopic (exact) mass is 234 g/mol. The summed E-state index contributed by atoms with van der Waals surface area (Å²) in [7, 11) is 0. The van der Waals surface area contributed by atoms with Gasteiger partial charge in [-0.15, -0.1) is 0 Å². The molecule has 1 saturated carbocycles. The van der Waals surface area contributed by atoms with E-state index >= 15 is 0 Å². The molecular weight excluding hydrogens is 212 g/mol. The van der Waals surface area contributed by atoms with Gasteiger partial charge in [0.1, 0.15) is 0 Å². The Bertz CT molecular complexity index is 330. The molecule has 0 aromatic carbocycles. The Morgan fingerprint density at radius 3 is 2.47 bits per heavy atom. The third-order valence-corrected chi connectivity index (χ3v) is 3.90. The van der Waals surface area contributed by atoms with Crippen molar-refractivity contribution in [1.82, 2.24) is 10.2 Å². The van der Waals surface area contributed by atoms with Gasteiger partial charge in [-0.2, -0.15) is 0 Å². The van der Waals surface area contributed by atoms with E-state index in [0.717, 1.165) is 19.4 Å². The minimum atomic E-state index is -0.107. The number of nitrogens with zero attached hydrogens (tertiary/aromatic N) is 1. The Morgan fingerprint density at radius 1 is 1.24 bits per heavy atom. The molecule has 0 aromatic rings. The van der Waals surface area contributed by atoms with Crippen LogP contribution in [0.4, 0.5) is 0 Å². The topological polar surface area (TPSA) is 32.3 Å². The minimum absolute atomic E-state index is 0.0261. The van der Waals surface area contributed by atoms with Gasteiger partial charge < -0.3 is 10.2 Å². The van der Waals surface area contributed by atoms with Crippen LogP contribution in [0, 0.1) is 11.8 Å². The van der Waals surface area contributed by atoms with Crippen molar-refractivity contribution < 1.29 is 4.79 Å². The molecule has 3 nitrogen and oxygen atoms in total.